The lowest BCUT2D eigenvalue weighted by molar-refractivity contribution is -0.383. The number of halogens is 2. The molecule has 0 amide bonds. The molecule has 0 radical (unpaired) electrons. The van der Waals surface area contributed by atoms with Gasteiger partial charge in [0.15, 0.2) is 0 Å². The maximum atomic E-state index is 13.2. The zero-order valence-corrected chi connectivity index (χ0v) is 11.4. The molecular weight excluding hydrogens is 335 g/mol. The van der Waals surface area contributed by atoms with Crippen molar-refractivity contribution in [2.45, 2.75) is 0 Å². The van der Waals surface area contributed by atoms with Crippen molar-refractivity contribution in [3.8, 4) is 0 Å². The number of benzene rings is 1. The highest BCUT2D eigenvalue weighted by Gasteiger charge is 2.23. The Kier molecular flexibility index (Phi) is 4.05. The number of nitrogens with two attached hydrogens (primary N) is 1. The van der Waals surface area contributed by atoms with Gasteiger partial charge in [-0.25, -0.2) is 20.2 Å². The van der Waals surface area contributed by atoms with Gasteiger partial charge in [0.2, 0.25) is 11.6 Å². The van der Waals surface area contributed by atoms with Gasteiger partial charge >= 0.3 is 5.69 Å². The van der Waals surface area contributed by atoms with Crippen LogP contribution in [0.4, 0.5) is 27.4 Å². The van der Waals surface area contributed by atoms with Crippen LogP contribution in [0.2, 0.25) is 0 Å². The molecule has 0 atom stereocenters. The van der Waals surface area contributed by atoms with Crippen LogP contribution < -0.4 is 16.6 Å². The van der Waals surface area contributed by atoms with Crippen molar-refractivity contribution in [1.29, 1.82) is 0 Å². The number of nitrogen functional groups attached to an aromatic ring is 1. The molecule has 8 nitrogen and oxygen atoms in total. The predicted octanol–water partition coefficient (Wildman–Crippen LogP) is 2.32. The number of hydrogen-bond acceptors (Lipinski definition) is 7. The van der Waals surface area contributed by atoms with Crippen LogP contribution in [-0.2, 0) is 0 Å². The minimum atomic E-state index is -0.690. The van der Waals surface area contributed by atoms with E-state index < -0.39 is 16.4 Å². The van der Waals surface area contributed by atoms with Gasteiger partial charge in [-0.2, -0.15) is 0 Å². The first-order valence-corrected chi connectivity index (χ1v) is 6.00. The molecule has 1 aromatic heterocycles. The molecule has 0 saturated carbocycles. The van der Waals surface area contributed by atoms with Crippen molar-refractivity contribution in [3.05, 3.63) is 44.9 Å². The topological polar surface area (TPSA) is 119 Å². The van der Waals surface area contributed by atoms with Crippen molar-refractivity contribution < 1.29 is 9.31 Å². The molecule has 0 aliphatic heterocycles. The number of hydrogen-bond donors (Lipinski definition) is 3. The molecule has 0 aliphatic rings. The Balaban J connectivity index is 2.48. The van der Waals surface area contributed by atoms with Crippen LogP contribution in [0.15, 0.2) is 29.0 Å². The number of nitro groups is 1. The molecule has 0 unspecified atom stereocenters. The average Bonchev–Trinajstić information content (AvgIpc) is 2.42. The van der Waals surface area contributed by atoms with Crippen LogP contribution in [0.25, 0.3) is 0 Å². The zero-order valence-electron chi connectivity index (χ0n) is 9.80. The van der Waals surface area contributed by atoms with Crippen molar-refractivity contribution >= 4 is 38.9 Å². The third kappa shape index (κ3) is 2.81. The number of rotatable bonds is 4. The summed E-state index contributed by atoms with van der Waals surface area (Å²) in [5, 5.41) is 13.7. The average molecular weight is 343 g/mol. The molecule has 104 valence electrons. The molecular formula is C10H8BrFN6O2. The third-order valence-electron chi connectivity index (χ3n) is 2.32. The molecule has 1 heterocycles. The van der Waals surface area contributed by atoms with E-state index >= 15 is 0 Å². The van der Waals surface area contributed by atoms with Crippen LogP contribution >= 0.6 is 15.9 Å². The quantitative estimate of drug-likeness (QED) is 0.443. The zero-order chi connectivity index (χ0) is 14.7. The second-order valence-electron chi connectivity index (χ2n) is 3.57. The minimum Gasteiger partial charge on any atom is -0.333 e. The highest BCUT2D eigenvalue weighted by atomic mass is 79.9. The molecule has 0 fully saturated rings. The Morgan fingerprint density at radius 2 is 2.05 bits per heavy atom. The highest BCUT2D eigenvalue weighted by Crippen LogP contribution is 2.33. The molecule has 10 heteroatoms. The van der Waals surface area contributed by atoms with E-state index in [1.807, 2.05) is 0 Å². The number of anilines is 3. The fourth-order valence-corrected chi connectivity index (χ4v) is 1.82. The third-order valence-corrected chi connectivity index (χ3v) is 3.01. The van der Waals surface area contributed by atoms with Gasteiger partial charge in [-0.05, 0) is 34.1 Å². The Morgan fingerprint density at radius 3 is 2.70 bits per heavy atom. The molecule has 1 aromatic carbocycles. The van der Waals surface area contributed by atoms with Crippen LogP contribution in [0, 0.1) is 15.9 Å². The van der Waals surface area contributed by atoms with Crippen LogP contribution in [-0.4, -0.2) is 14.9 Å². The van der Waals surface area contributed by atoms with Crippen LogP contribution in [0.3, 0.4) is 0 Å². The van der Waals surface area contributed by atoms with Gasteiger partial charge in [0.1, 0.15) is 12.1 Å². The number of nitrogens with zero attached hydrogens (tertiary/aromatic N) is 3. The summed E-state index contributed by atoms with van der Waals surface area (Å²) in [7, 11) is 0. The lowest BCUT2D eigenvalue weighted by Crippen LogP contribution is -2.12. The summed E-state index contributed by atoms with van der Waals surface area (Å²) in [6.45, 7) is 0. The summed E-state index contributed by atoms with van der Waals surface area (Å²) in [4.78, 5) is 17.8. The van der Waals surface area contributed by atoms with Crippen molar-refractivity contribution in [2.75, 3.05) is 10.7 Å². The fourth-order valence-electron chi connectivity index (χ4n) is 1.47. The normalized spacial score (nSPS) is 10.2. The SMILES string of the molecule is NNc1ncnc(Nc2cc(F)ccc2Br)c1[N+](=O)[O-]. The fraction of sp³-hybridized carbons (Fsp3) is 0. The summed E-state index contributed by atoms with van der Waals surface area (Å²) in [5.41, 5.74) is 1.96. The van der Waals surface area contributed by atoms with Gasteiger partial charge in [0, 0.05) is 4.47 Å². The first-order valence-electron chi connectivity index (χ1n) is 5.21. The first-order chi connectivity index (χ1) is 9.52. The lowest BCUT2D eigenvalue weighted by Gasteiger charge is -2.09. The monoisotopic (exact) mass is 342 g/mol. The largest absolute Gasteiger partial charge is 0.354 e. The van der Waals surface area contributed by atoms with Gasteiger partial charge < -0.3 is 10.7 Å². The molecule has 4 N–H and O–H groups in total. The van der Waals surface area contributed by atoms with E-state index in [0.717, 1.165) is 6.33 Å². The van der Waals surface area contributed by atoms with Crippen LogP contribution in [0.5, 0.6) is 0 Å². The van der Waals surface area contributed by atoms with Gasteiger partial charge in [0.05, 0.1) is 10.6 Å². The van der Waals surface area contributed by atoms with E-state index in [1.165, 1.54) is 18.2 Å². The van der Waals surface area contributed by atoms with E-state index in [0.29, 0.717) is 4.47 Å². The molecule has 0 aliphatic carbocycles. The first kappa shape index (κ1) is 14.1. The van der Waals surface area contributed by atoms with E-state index in [9.17, 15) is 14.5 Å². The Labute approximate surface area is 120 Å². The van der Waals surface area contributed by atoms with E-state index in [2.05, 4.69) is 36.6 Å². The van der Waals surface area contributed by atoms with Gasteiger partial charge in [-0.3, -0.25) is 10.1 Å². The second-order valence-corrected chi connectivity index (χ2v) is 4.42. The predicted molar refractivity (Wildman–Crippen MR) is 73.9 cm³/mol. The van der Waals surface area contributed by atoms with Crippen molar-refractivity contribution in [3.63, 3.8) is 0 Å². The standard InChI is InChI=1S/C10H8BrFN6O2/c11-6-2-1-5(12)3-7(6)16-9-8(18(19)20)10(17-13)15-4-14-9/h1-4H,13H2,(H2,14,15,16,17). The summed E-state index contributed by atoms with van der Waals surface area (Å²) < 4.78 is 13.7. The summed E-state index contributed by atoms with van der Waals surface area (Å²) in [5.74, 6) is 4.41. The molecule has 0 saturated heterocycles. The van der Waals surface area contributed by atoms with E-state index in [1.54, 1.807) is 0 Å². The summed E-state index contributed by atoms with van der Waals surface area (Å²) in [6.07, 6.45) is 1.09. The highest BCUT2D eigenvalue weighted by molar-refractivity contribution is 9.10. The molecule has 0 bridgehead atoms. The van der Waals surface area contributed by atoms with Crippen molar-refractivity contribution in [1.82, 2.24) is 9.97 Å². The van der Waals surface area contributed by atoms with Crippen LogP contribution in [0.1, 0.15) is 0 Å². The van der Waals surface area contributed by atoms with E-state index in [4.69, 9.17) is 5.84 Å². The number of aromatic nitrogens is 2. The van der Waals surface area contributed by atoms with Gasteiger partial charge in [-0.1, -0.05) is 0 Å². The number of nitrogens with one attached hydrogen (secondary N) is 2. The Bertz CT molecular complexity index is 668. The molecule has 0 spiro atoms. The smallest absolute Gasteiger partial charge is 0.333 e. The Hall–Kier alpha value is -2.33. The maximum absolute atomic E-state index is 13.2. The molecule has 2 rings (SSSR count). The summed E-state index contributed by atoms with van der Waals surface area (Å²) in [6, 6.07) is 3.88. The van der Waals surface area contributed by atoms with E-state index in [-0.39, 0.29) is 17.3 Å². The van der Waals surface area contributed by atoms with Crippen molar-refractivity contribution in [2.24, 2.45) is 5.84 Å². The second kappa shape index (κ2) is 5.75. The lowest BCUT2D eigenvalue weighted by atomic mass is 10.3. The van der Waals surface area contributed by atoms with Gasteiger partial charge in [-0.15, -0.1) is 0 Å². The van der Waals surface area contributed by atoms with Gasteiger partial charge in [0.25, 0.3) is 0 Å². The molecule has 2 aromatic rings. The number of hydrazine groups is 1. The maximum Gasteiger partial charge on any atom is 0.354 e. The molecule has 20 heavy (non-hydrogen) atoms. The minimum absolute atomic E-state index is 0.107. The Morgan fingerprint density at radius 1 is 1.35 bits per heavy atom. The summed E-state index contributed by atoms with van der Waals surface area (Å²) >= 11 is 3.20.